The molecule has 2 aromatic rings. The van der Waals surface area contributed by atoms with Gasteiger partial charge in [-0.15, -0.1) is 0 Å². The van der Waals surface area contributed by atoms with Crippen LogP contribution in [0.25, 0.3) is 0 Å². The third kappa shape index (κ3) is 3.85. The summed E-state index contributed by atoms with van der Waals surface area (Å²) in [5.41, 5.74) is 1.15. The van der Waals surface area contributed by atoms with E-state index in [4.69, 9.17) is 0 Å². The Kier molecular flexibility index (Phi) is 4.66. The summed E-state index contributed by atoms with van der Waals surface area (Å²) in [6, 6.07) is 11.5. The van der Waals surface area contributed by atoms with Crippen molar-refractivity contribution in [2.75, 3.05) is 0 Å². The fraction of sp³-hybridized carbons (Fsp3) is 0.200. The minimum Gasteiger partial charge on any atom is -0.392 e. The van der Waals surface area contributed by atoms with Crippen molar-refractivity contribution in [2.24, 2.45) is 0 Å². The Morgan fingerprint density at radius 3 is 2.37 bits per heavy atom. The average molecular weight is 327 g/mol. The van der Waals surface area contributed by atoms with Gasteiger partial charge in [-0.05, 0) is 35.7 Å². The van der Waals surface area contributed by atoms with Crippen molar-refractivity contribution in [3.05, 3.63) is 69.7 Å². The summed E-state index contributed by atoms with van der Waals surface area (Å²) in [6.07, 6.45) is -0.236. The minimum atomic E-state index is -0.881. The largest absolute Gasteiger partial charge is 0.392 e. The highest BCUT2D eigenvalue weighted by atomic mass is 79.9. The summed E-state index contributed by atoms with van der Waals surface area (Å²) in [5, 5.41) is 9.94. The summed E-state index contributed by atoms with van der Waals surface area (Å²) in [6.45, 7) is 0. The SMILES string of the molecule is OC(Cc1ccc(Br)cc1)Cc1cccc(F)c1F. The Morgan fingerprint density at radius 1 is 1.00 bits per heavy atom. The van der Waals surface area contributed by atoms with Gasteiger partial charge in [0.25, 0.3) is 0 Å². The molecule has 0 fully saturated rings. The first kappa shape index (κ1) is 14.2. The second kappa shape index (κ2) is 6.26. The van der Waals surface area contributed by atoms with Crippen LogP contribution < -0.4 is 0 Å². The zero-order valence-corrected chi connectivity index (χ0v) is 11.7. The molecule has 0 heterocycles. The Bertz CT molecular complexity index is 555. The van der Waals surface area contributed by atoms with Gasteiger partial charge in [0.1, 0.15) is 0 Å². The van der Waals surface area contributed by atoms with Crippen LogP contribution in [-0.4, -0.2) is 11.2 Å². The molecule has 19 heavy (non-hydrogen) atoms. The maximum absolute atomic E-state index is 13.5. The van der Waals surface area contributed by atoms with Crippen molar-refractivity contribution in [3.8, 4) is 0 Å². The molecule has 2 rings (SSSR count). The van der Waals surface area contributed by atoms with Crippen LogP contribution >= 0.6 is 15.9 Å². The lowest BCUT2D eigenvalue weighted by atomic mass is 10.0. The molecule has 0 aromatic heterocycles. The van der Waals surface area contributed by atoms with Crippen molar-refractivity contribution in [1.82, 2.24) is 0 Å². The first-order chi connectivity index (χ1) is 9.06. The molecule has 1 unspecified atom stereocenters. The van der Waals surface area contributed by atoms with Crippen LogP contribution in [0.15, 0.2) is 46.9 Å². The van der Waals surface area contributed by atoms with Crippen LogP contribution in [0.4, 0.5) is 8.78 Å². The number of hydrogen-bond donors (Lipinski definition) is 1. The normalized spacial score (nSPS) is 12.4. The lowest BCUT2D eigenvalue weighted by molar-refractivity contribution is 0.174. The van der Waals surface area contributed by atoms with Crippen LogP contribution in [-0.2, 0) is 12.8 Å². The topological polar surface area (TPSA) is 20.2 Å². The molecule has 0 radical (unpaired) electrons. The Morgan fingerprint density at radius 2 is 1.68 bits per heavy atom. The zero-order valence-electron chi connectivity index (χ0n) is 10.1. The second-order valence-corrected chi connectivity index (χ2v) is 5.32. The molecule has 0 saturated carbocycles. The van der Waals surface area contributed by atoms with Gasteiger partial charge in [0.15, 0.2) is 11.6 Å². The highest BCUT2D eigenvalue weighted by Crippen LogP contribution is 2.16. The van der Waals surface area contributed by atoms with Crippen LogP contribution in [0.3, 0.4) is 0 Å². The molecule has 0 amide bonds. The lowest BCUT2D eigenvalue weighted by Gasteiger charge is -2.11. The third-order valence-corrected chi connectivity index (χ3v) is 3.40. The summed E-state index contributed by atoms with van der Waals surface area (Å²) < 4.78 is 27.5. The van der Waals surface area contributed by atoms with Gasteiger partial charge in [0.2, 0.25) is 0 Å². The Labute approximate surface area is 119 Å². The van der Waals surface area contributed by atoms with Crippen LogP contribution in [0.5, 0.6) is 0 Å². The fourth-order valence-electron chi connectivity index (χ4n) is 1.92. The molecule has 2 aromatic carbocycles. The minimum absolute atomic E-state index is 0.0969. The standard InChI is InChI=1S/C15H13BrF2O/c16-12-6-4-10(5-7-12)8-13(19)9-11-2-1-3-14(17)15(11)18/h1-7,13,19H,8-9H2. The van der Waals surface area contributed by atoms with E-state index >= 15 is 0 Å². The lowest BCUT2D eigenvalue weighted by Crippen LogP contribution is -2.15. The number of hydrogen-bond acceptors (Lipinski definition) is 1. The molecule has 0 spiro atoms. The third-order valence-electron chi connectivity index (χ3n) is 2.87. The number of rotatable bonds is 4. The molecule has 1 nitrogen and oxygen atoms in total. The van der Waals surface area contributed by atoms with E-state index in [-0.39, 0.29) is 12.0 Å². The van der Waals surface area contributed by atoms with Crippen LogP contribution in [0.1, 0.15) is 11.1 Å². The smallest absolute Gasteiger partial charge is 0.162 e. The van der Waals surface area contributed by atoms with Crippen LogP contribution in [0, 0.1) is 11.6 Å². The summed E-state index contributed by atoms with van der Waals surface area (Å²) >= 11 is 3.33. The van der Waals surface area contributed by atoms with Crippen molar-refractivity contribution in [2.45, 2.75) is 18.9 Å². The van der Waals surface area contributed by atoms with Gasteiger partial charge in [-0.2, -0.15) is 0 Å². The zero-order chi connectivity index (χ0) is 13.8. The Balaban J connectivity index is 2.03. The van der Waals surface area contributed by atoms with E-state index in [0.29, 0.717) is 6.42 Å². The highest BCUT2D eigenvalue weighted by molar-refractivity contribution is 9.10. The van der Waals surface area contributed by atoms with Gasteiger partial charge in [-0.1, -0.05) is 40.2 Å². The van der Waals surface area contributed by atoms with E-state index in [1.165, 1.54) is 12.1 Å². The summed E-state index contributed by atoms with van der Waals surface area (Å²) in [4.78, 5) is 0. The van der Waals surface area contributed by atoms with Crippen molar-refractivity contribution in [3.63, 3.8) is 0 Å². The molecule has 0 bridgehead atoms. The van der Waals surface area contributed by atoms with E-state index < -0.39 is 17.7 Å². The van der Waals surface area contributed by atoms with E-state index in [1.807, 2.05) is 24.3 Å². The van der Waals surface area contributed by atoms with Crippen molar-refractivity contribution < 1.29 is 13.9 Å². The van der Waals surface area contributed by atoms with Gasteiger partial charge in [0, 0.05) is 10.9 Å². The number of aliphatic hydroxyl groups is 1. The Hall–Kier alpha value is -1.26. The van der Waals surface area contributed by atoms with E-state index in [1.54, 1.807) is 0 Å². The van der Waals surface area contributed by atoms with E-state index in [2.05, 4.69) is 15.9 Å². The predicted molar refractivity (Wildman–Crippen MR) is 73.9 cm³/mol. The van der Waals surface area contributed by atoms with Gasteiger partial charge in [-0.3, -0.25) is 0 Å². The van der Waals surface area contributed by atoms with Gasteiger partial charge >= 0.3 is 0 Å². The first-order valence-corrected chi connectivity index (χ1v) is 6.71. The fourth-order valence-corrected chi connectivity index (χ4v) is 2.19. The van der Waals surface area contributed by atoms with Crippen molar-refractivity contribution in [1.29, 1.82) is 0 Å². The maximum Gasteiger partial charge on any atom is 0.162 e. The van der Waals surface area contributed by atoms with Gasteiger partial charge in [0.05, 0.1) is 6.10 Å². The average Bonchev–Trinajstić information content (AvgIpc) is 2.38. The molecule has 0 aliphatic heterocycles. The monoisotopic (exact) mass is 326 g/mol. The molecule has 4 heteroatoms. The van der Waals surface area contributed by atoms with Crippen molar-refractivity contribution >= 4 is 15.9 Å². The second-order valence-electron chi connectivity index (χ2n) is 4.40. The van der Waals surface area contributed by atoms with E-state index in [9.17, 15) is 13.9 Å². The molecule has 1 atom stereocenters. The molecular formula is C15H13BrF2O. The summed E-state index contributed by atoms with van der Waals surface area (Å²) in [7, 11) is 0. The number of halogens is 3. The molecule has 0 saturated heterocycles. The summed E-state index contributed by atoms with van der Waals surface area (Å²) in [5.74, 6) is -1.76. The number of benzene rings is 2. The van der Waals surface area contributed by atoms with E-state index in [0.717, 1.165) is 16.1 Å². The molecule has 0 aliphatic rings. The first-order valence-electron chi connectivity index (χ1n) is 5.91. The maximum atomic E-state index is 13.5. The quantitative estimate of drug-likeness (QED) is 0.904. The molecule has 100 valence electrons. The number of aliphatic hydroxyl groups excluding tert-OH is 1. The highest BCUT2D eigenvalue weighted by Gasteiger charge is 2.12. The molecule has 1 N–H and O–H groups in total. The molecular weight excluding hydrogens is 314 g/mol. The van der Waals surface area contributed by atoms with Gasteiger partial charge in [-0.25, -0.2) is 8.78 Å². The predicted octanol–water partition coefficient (Wildman–Crippen LogP) is 3.87. The van der Waals surface area contributed by atoms with Crippen LogP contribution in [0.2, 0.25) is 0 Å². The molecule has 0 aliphatic carbocycles. The van der Waals surface area contributed by atoms with Gasteiger partial charge < -0.3 is 5.11 Å².